The van der Waals surface area contributed by atoms with Gasteiger partial charge in [-0.1, -0.05) is 30.3 Å². The molecule has 1 fully saturated rings. The van der Waals surface area contributed by atoms with Crippen LogP contribution in [0.3, 0.4) is 0 Å². The summed E-state index contributed by atoms with van der Waals surface area (Å²) in [4.78, 5) is 20.7. The van der Waals surface area contributed by atoms with Crippen LogP contribution >= 0.6 is 0 Å². The number of Topliss-reactive ketones (excluding diaryl/α,β-unsaturated/α-hetero) is 1. The van der Waals surface area contributed by atoms with E-state index in [0.717, 1.165) is 35.6 Å². The zero-order valence-corrected chi connectivity index (χ0v) is 14.6. The summed E-state index contributed by atoms with van der Waals surface area (Å²) >= 11 is 0. The smallest absolute Gasteiger partial charge is 0.225 e. The molecule has 2 N–H and O–H groups in total. The minimum absolute atomic E-state index is 0.0564. The standard InChI is InChI=1S/C21H20N4O/c1-14(26)15-7-9-17(10-8-15)22-20-13-19(16-5-3-2-4-6-16)24-21(25-20)23-18-11-12-18/h2-10,13,18H,11-12H2,1H3,(H2,22,23,24,25). The van der Waals surface area contributed by atoms with Crippen LogP contribution in [0.25, 0.3) is 11.3 Å². The van der Waals surface area contributed by atoms with Crippen LogP contribution in [0.1, 0.15) is 30.1 Å². The average molecular weight is 344 g/mol. The number of carbonyl (C=O) groups is 1. The Morgan fingerprint density at radius 2 is 1.73 bits per heavy atom. The molecule has 0 aliphatic heterocycles. The Balaban J connectivity index is 1.64. The van der Waals surface area contributed by atoms with Gasteiger partial charge in [0.1, 0.15) is 5.82 Å². The number of nitrogens with zero attached hydrogens (tertiary/aromatic N) is 2. The topological polar surface area (TPSA) is 66.9 Å². The van der Waals surface area contributed by atoms with Crippen molar-refractivity contribution < 1.29 is 4.79 Å². The normalized spacial score (nSPS) is 13.3. The maximum Gasteiger partial charge on any atom is 0.225 e. The third-order valence-electron chi connectivity index (χ3n) is 4.27. The maximum atomic E-state index is 11.4. The van der Waals surface area contributed by atoms with E-state index in [1.54, 1.807) is 6.92 Å². The maximum absolute atomic E-state index is 11.4. The van der Waals surface area contributed by atoms with Crippen molar-refractivity contribution in [3.8, 4) is 11.3 Å². The number of carbonyl (C=O) groups excluding carboxylic acids is 1. The molecule has 4 rings (SSSR count). The lowest BCUT2D eigenvalue weighted by Gasteiger charge is -2.11. The predicted molar refractivity (Wildman–Crippen MR) is 104 cm³/mol. The summed E-state index contributed by atoms with van der Waals surface area (Å²) in [5.41, 5.74) is 3.49. The van der Waals surface area contributed by atoms with Crippen LogP contribution in [0.5, 0.6) is 0 Å². The largest absolute Gasteiger partial charge is 0.351 e. The number of ketones is 1. The molecule has 0 spiro atoms. The minimum Gasteiger partial charge on any atom is -0.351 e. The summed E-state index contributed by atoms with van der Waals surface area (Å²) in [5, 5.41) is 6.68. The van der Waals surface area contributed by atoms with Crippen molar-refractivity contribution in [1.82, 2.24) is 9.97 Å². The predicted octanol–water partition coefficient (Wildman–Crippen LogP) is 4.66. The third-order valence-corrected chi connectivity index (χ3v) is 4.27. The molecule has 130 valence electrons. The highest BCUT2D eigenvalue weighted by molar-refractivity contribution is 5.94. The Morgan fingerprint density at radius 1 is 1.00 bits per heavy atom. The molecule has 0 saturated heterocycles. The summed E-state index contributed by atoms with van der Waals surface area (Å²) in [6.45, 7) is 1.56. The fourth-order valence-corrected chi connectivity index (χ4v) is 2.68. The van der Waals surface area contributed by atoms with Gasteiger partial charge in [0.05, 0.1) is 5.69 Å². The van der Waals surface area contributed by atoms with Crippen molar-refractivity contribution >= 4 is 23.2 Å². The van der Waals surface area contributed by atoms with E-state index in [1.807, 2.05) is 60.7 Å². The second-order valence-electron chi connectivity index (χ2n) is 6.51. The van der Waals surface area contributed by atoms with Gasteiger partial charge in [0.25, 0.3) is 0 Å². The Labute approximate surface area is 152 Å². The first-order chi connectivity index (χ1) is 12.7. The van der Waals surface area contributed by atoms with Crippen LogP contribution in [0, 0.1) is 0 Å². The monoisotopic (exact) mass is 344 g/mol. The van der Waals surface area contributed by atoms with Gasteiger partial charge in [0.2, 0.25) is 5.95 Å². The summed E-state index contributed by atoms with van der Waals surface area (Å²) in [6, 6.07) is 19.9. The van der Waals surface area contributed by atoms with Gasteiger partial charge in [-0.05, 0) is 44.0 Å². The van der Waals surface area contributed by atoms with Crippen molar-refractivity contribution in [2.45, 2.75) is 25.8 Å². The number of rotatable bonds is 6. The minimum atomic E-state index is 0.0564. The Hall–Kier alpha value is -3.21. The first-order valence-electron chi connectivity index (χ1n) is 8.76. The van der Waals surface area contributed by atoms with Crippen molar-refractivity contribution in [2.24, 2.45) is 0 Å². The first kappa shape index (κ1) is 16.3. The lowest BCUT2D eigenvalue weighted by Crippen LogP contribution is -2.07. The molecule has 0 radical (unpaired) electrons. The fourth-order valence-electron chi connectivity index (χ4n) is 2.68. The zero-order valence-electron chi connectivity index (χ0n) is 14.6. The second-order valence-corrected chi connectivity index (χ2v) is 6.51. The summed E-state index contributed by atoms with van der Waals surface area (Å²) < 4.78 is 0. The van der Waals surface area contributed by atoms with Gasteiger partial charge in [0.15, 0.2) is 5.78 Å². The van der Waals surface area contributed by atoms with Crippen LogP contribution in [0.4, 0.5) is 17.5 Å². The van der Waals surface area contributed by atoms with Crippen molar-refractivity contribution in [3.05, 3.63) is 66.2 Å². The molecule has 26 heavy (non-hydrogen) atoms. The highest BCUT2D eigenvalue weighted by atomic mass is 16.1. The van der Waals surface area contributed by atoms with E-state index < -0.39 is 0 Å². The third kappa shape index (κ3) is 3.88. The highest BCUT2D eigenvalue weighted by Crippen LogP contribution is 2.27. The second kappa shape index (κ2) is 6.96. The number of hydrogen-bond donors (Lipinski definition) is 2. The molecule has 1 aliphatic rings. The van der Waals surface area contributed by atoms with E-state index in [1.165, 1.54) is 0 Å². The molecule has 1 heterocycles. The molecular formula is C21H20N4O. The summed E-state index contributed by atoms with van der Waals surface area (Å²) in [7, 11) is 0. The Kier molecular flexibility index (Phi) is 4.35. The molecule has 1 aliphatic carbocycles. The van der Waals surface area contributed by atoms with Gasteiger partial charge in [-0.2, -0.15) is 4.98 Å². The van der Waals surface area contributed by atoms with E-state index in [4.69, 9.17) is 0 Å². The molecule has 0 atom stereocenters. The molecule has 5 nitrogen and oxygen atoms in total. The van der Waals surface area contributed by atoms with Gasteiger partial charge in [-0.15, -0.1) is 0 Å². The summed E-state index contributed by atoms with van der Waals surface area (Å²) in [5.74, 6) is 1.41. The number of nitrogens with one attached hydrogen (secondary N) is 2. The van der Waals surface area contributed by atoms with Crippen LogP contribution in [-0.2, 0) is 0 Å². The van der Waals surface area contributed by atoms with Crippen molar-refractivity contribution in [2.75, 3.05) is 10.6 Å². The van der Waals surface area contributed by atoms with Crippen LogP contribution in [0.15, 0.2) is 60.7 Å². The molecule has 0 amide bonds. The molecular weight excluding hydrogens is 324 g/mol. The molecule has 3 aromatic rings. The molecule has 0 unspecified atom stereocenters. The average Bonchev–Trinajstić information content (AvgIpc) is 3.47. The van der Waals surface area contributed by atoms with Crippen LogP contribution in [0.2, 0.25) is 0 Å². The Bertz CT molecular complexity index is 919. The van der Waals surface area contributed by atoms with E-state index in [-0.39, 0.29) is 5.78 Å². The lowest BCUT2D eigenvalue weighted by atomic mass is 10.1. The molecule has 0 bridgehead atoms. The quantitative estimate of drug-likeness (QED) is 0.636. The highest BCUT2D eigenvalue weighted by Gasteiger charge is 2.22. The zero-order chi connectivity index (χ0) is 17.9. The Morgan fingerprint density at radius 3 is 2.38 bits per heavy atom. The van der Waals surface area contributed by atoms with E-state index in [0.29, 0.717) is 17.6 Å². The SMILES string of the molecule is CC(=O)c1ccc(Nc2cc(-c3ccccc3)nc(NC3CC3)n2)cc1. The molecule has 1 saturated carbocycles. The van der Waals surface area contributed by atoms with E-state index >= 15 is 0 Å². The number of anilines is 3. The summed E-state index contributed by atoms with van der Waals surface area (Å²) in [6.07, 6.45) is 2.32. The lowest BCUT2D eigenvalue weighted by molar-refractivity contribution is 0.101. The number of benzene rings is 2. The van der Waals surface area contributed by atoms with Crippen molar-refractivity contribution in [1.29, 1.82) is 0 Å². The van der Waals surface area contributed by atoms with Gasteiger partial charge in [0, 0.05) is 28.9 Å². The molecule has 1 aromatic heterocycles. The van der Waals surface area contributed by atoms with Gasteiger partial charge in [-0.25, -0.2) is 4.98 Å². The molecule has 2 aromatic carbocycles. The number of hydrogen-bond acceptors (Lipinski definition) is 5. The van der Waals surface area contributed by atoms with E-state index in [9.17, 15) is 4.79 Å². The van der Waals surface area contributed by atoms with Crippen LogP contribution < -0.4 is 10.6 Å². The van der Waals surface area contributed by atoms with Crippen molar-refractivity contribution in [3.63, 3.8) is 0 Å². The first-order valence-corrected chi connectivity index (χ1v) is 8.76. The van der Waals surface area contributed by atoms with Gasteiger partial charge in [-0.3, -0.25) is 4.79 Å². The van der Waals surface area contributed by atoms with Crippen LogP contribution in [-0.4, -0.2) is 21.8 Å². The fraction of sp³-hybridized carbons (Fsp3) is 0.190. The number of aromatic nitrogens is 2. The van der Waals surface area contributed by atoms with Gasteiger partial charge < -0.3 is 10.6 Å². The molecule has 5 heteroatoms. The van der Waals surface area contributed by atoms with Gasteiger partial charge >= 0.3 is 0 Å². The van der Waals surface area contributed by atoms with E-state index in [2.05, 4.69) is 20.6 Å².